The van der Waals surface area contributed by atoms with Gasteiger partial charge in [0, 0.05) is 24.5 Å². The molecule has 1 saturated heterocycles. The van der Waals surface area contributed by atoms with E-state index in [0.717, 1.165) is 32.0 Å². The van der Waals surface area contributed by atoms with Gasteiger partial charge in [-0.05, 0) is 18.2 Å². The van der Waals surface area contributed by atoms with Crippen molar-refractivity contribution in [2.75, 3.05) is 34.7 Å². The summed E-state index contributed by atoms with van der Waals surface area (Å²) < 4.78 is 8.44. The lowest BCUT2D eigenvalue weighted by atomic mass is 10.2. The van der Waals surface area contributed by atoms with Crippen LogP contribution in [0.1, 0.15) is 0 Å². The molecule has 0 saturated carbocycles. The van der Waals surface area contributed by atoms with Crippen molar-refractivity contribution in [3.63, 3.8) is 0 Å². The molecule has 2 rings (SSSR count). The molecule has 0 spiro atoms. The molecule has 1 aromatic rings. The normalized spacial score (nSPS) is 16.8. The van der Waals surface area contributed by atoms with Crippen molar-refractivity contribution in [2.24, 2.45) is 0 Å². The third-order valence-corrected chi connectivity index (χ3v) is 2.95. The average molecular weight is 304 g/mol. The Bertz CT molecular complexity index is 300. The molecule has 0 amide bonds. The fourth-order valence-corrected chi connectivity index (χ4v) is 1.92. The Morgan fingerprint density at radius 1 is 1.29 bits per heavy atom. The van der Waals surface area contributed by atoms with E-state index in [-0.39, 0.29) is 0 Å². The van der Waals surface area contributed by atoms with Gasteiger partial charge in [-0.25, -0.2) is 0 Å². The Hall–Kier alpha value is -0.490. The zero-order valence-corrected chi connectivity index (χ0v) is 10.0. The number of rotatable bonds is 2. The largest absolute Gasteiger partial charge is 0.378 e. The van der Waals surface area contributed by atoms with Gasteiger partial charge in [-0.1, -0.05) is 6.07 Å². The third-order valence-electron chi connectivity index (χ3n) is 2.33. The van der Waals surface area contributed by atoms with Crippen LogP contribution in [0.4, 0.5) is 11.4 Å². The van der Waals surface area contributed by atoms with E-state index < -0.39 is 0 Å². The lowest BCUT2D eigenvalue weighted by Gasteiger charge is -2.29. The molecule has 0 aromatic heterocycles. The number of nitrogens with zero attached hydrogens (tertiary/aromatic N) is 1. The van der Waals surface area contributed by atoms with Gasteiger partial charge in [-0.3, -0.25) is 0 Å². The summed E-state index contributed by atoms with van der Waals surface area (Å²) in [6.45, 7) is 3.65. The molecule has 1 aliphatic heterocycles. The molecule has 0 aliphatic carbocycles. The van der Waals surface area contributed by atoms with Gasteiger partial charge in [0.05, 0.1) is 36.1 Å². The molecule has 1 fully saturated rings. The molecule has 1 aromatic carbocycles. The highest BCUT2D eigenvalue weighted by atomic mass is 127. The second-order valence-electron chi connectivity index (χ2n) is 3.24. The van der Waals surface area contributed by atoms with Crippen LogP contribution in [0.15, 0.2) is 24.3 Å². The molecular formula is C10H13IN2O. The van der Waals surface area contributed by atoms with Crippen molar-refractivity contribution in [3.05, 3.63) is 24.3 Å². The quantitative estimate of drug-likeness (QED) is 0.670. The van der Waals surface area contributed by atoms with Crippen LogP contribution in [0.3, 0.4) is 0 Å². The fraction of sp³-hybridized carbons (Fsp3) is 0.400. The maximum absolute atomic E-state index is 5.32. The zero-order valence-electron chi connectivity index (χ0n) is 7.87. The molecule has 0 bridgehead atoms. The standard InChI is InChI=1S/C10H13IN2O/c11-12-9-2-1-3-10(8-9)13-4-6-14-7-5-13/h1-3,8,12H,4-7H2. The number of anilines is 2. The number of hydrogen-bond acceptors (Lipinski definition) is 3. The number of halogens is 1. The minimum Gasteiger partial charge on any atom is -0.378 e. The van der Waals surface area contributed by atoms with Gasteiger partial charge in [-0.15, -0.1) is 0 Å². The second-order valence-corrected chi connectivity index (χ2v) is 3.78. The summed E-state index contributed by atoms with van der Waals surface area (Å²) in [5, 5.41) is 0. The van der Waals surface area contributed by atoms with Crippen molar-refractivity contribution in [1.82, 2.24) is 0 Å². The highest BCUT2D eigenvalue weighted by molar-refractivity contribution is 14.1. The topological polar surface area (TPSA) is 24.5 Å². The molecule has 3 nitrogen and oxygen atoms in total. The maximum Gasteiger partial charge on any atom is 0.0642 e. The highest BCUT2D eigenvalue weighted by Crippen LogP contribution is 2.20. The lowest BCUT2D eigenvalue weighted by Crippen LogP contribution is -2.36. The van der Waals surface area contributed by atoms with Gasteiger partial charge in [-0.2, -0.15) is 0 Å². The summed E-state index contributed by atoms with van der Waals surface area (Å²) in [4.78, 5) is 2.35. The van der Waals surface area contributed by atoms with Crippen molar-refractivity contribution < 1.29 is 4.74 Å². The van der Waals surface area contributed by atoms with Crippen LogP contribution in [0.5, 0.6) is 0 Å². The molecule has 14 heavy (non-hydrogen) atoms. The molecule has 1 heterocycles. The van der Waals surface area contributed by atoms with E-state index in [1.807, 2.05) is 0 Å². The van der Waals surface area contributed by atoms with Crippen LogP contribution in [-0.2, 0) is 4.74 Å². The summed E-state index contributed by atoms with van der Waals surface area (Å²) in [7, 11) is 0. The van der Waals surface area contributed by atoms with E-state index in [1.54, 1.807) is 0 Å². The zero-order chi connectivity index (χ0) is 9.80. The summed E-state index contributed by atoms with van der Waals surface area (Å²) in [5.41, 5.74) is 2.42. The summed E-state index contributed by atoms with van der Waals surface area (Å²) in [6, 6.07) is 8.45. The number of hydrogen-bond donors (Lipinski definition) is 1. The first-order valence-electron chi connectivity index (χ1n) is 4.69. The van der Waals surface area contributed by atoms with E-state index >= 15 is 0 Å². The van der Waals surface area contributed by atoms with E-state index in [9.17, 15) is 0 Å². The Morgan fingerprint density at radius 2 is 2.07 bits per heavy atom. The van der Waals surface area contributed by atoms with Crippen molar-refractivity contribution in [3.8, 4) is 0 Å². The second kappa shape index (κ2) is 4.84. The molecule has 76 valence electrons. The third kappa shape index (κ3) is 2.30. The Labute approximate surface area is 97.9 Å². The Morgan fingerprint density at radius 3 is 2.79 bits per heavy atom. The first kappa shape index (κ1) is 10.0. The predicted octanol–water partition coefficient (Wildman–Crippen LogP) is 2.29. The molecule has 0 atom stereocenters. The van der Waals surface area contributed by atoms with Gasteiger partial charge in [0.2, 0.25) is 0 Å². The summed E-state index contributed by atoms with van der Waals surface area (Å²) in [5.74, 6) is 0. The van der Waals surface area contributed by atoms with Gasteiger partial charge in [0.15, 0.2) is 0 Å². The lowest BCUT2D eigenvalue weighted by molar-refractivity contribution is 0.122. The van der Waals surface area contributed by atoms with Crippen LogP contribution in [-0.4, -0.2) is 26.3 Å². The van der Waals surface area contributed by atoms with E-state index in [0.29, 0.717) is 0 Å². The number of nitrogens with one attached hydrogen (secondary N) is 1. The van der Waals surface area contributed by atoms with Gasteiger partial charge >= 0.3 is 0 Å². The monoisotopic (exact) mass is 304 g/mol. The van der Waals surface area contributed by atoms with Gasteiger partial charge < -0.3 is 13.2 Å². The summed E-state index contributed by atoms with van der Waals surface area (Å²) in [6.07, 6.45) is 0. The van der Waals surface area contributed by atoms with Crippen LogP contribution in [0.2, 0.25) is 0 Å². The van der Waals surface area contributed by atoms with Crippen LogP contribution >= 0.6 is 22.9 Å². The predicted molar refractivity (Wildman–Crippen MR) is 67.1 cm³/mol. The van der Waals surface area contributed by atoms with E-state index in [4.69, 9.17) is 4.74 Å². The Balaban J connectivity index is 2.13. The molecule has 1 N–H and O–H groups in total. The minimum atomic E-state index is 0.835. The van der Waals surface area contributed by atoms with Crippen molar-refractivity contribution in [1.29, 1.82) is 0 Å². The first-order chi connectivity index (χ1) is 6.90. The van der Waals surface area contributed by atoms with Crippen LogP contribution < -0.4 is 8.43 Å². The first-order valence-corrected chi connectivity index (χ1v) is 5.77. The van der Waals surface area contributed by atoms with Crippen molar-refractivity contribution >= 4 is 34.2 Å². The SMILES string of the molecule is INc1cccc(N2CCOCC2)c1. The van der Waals surface area contributed by atoms with Crippen LogP contribution in [0, 0.1) is 0 Å². The maximum atomic E-state index is 5.32. The smallest absolute Gasteiger partial charge is 0.0642 e. The van der Waals surface area contributed by atoms with Gasteiger partial charge in [0.1, 0.15) is 0 Å². The number of ether oxygens (including phenoxy) is 1. The molecule has 1 aliphatic rings. The number of morpholine rings is 1. The molecule has 0 unspecified atom stereocenters. The molecule has 0 radical (unpaired) electrons. The number of benzene rings is 1. The minimum absolute atomic E-state index is 0.835. The fourth-order valence-electron chi connectivity index (χ4n) is 1.58. The molecule has 4 heteroatoms. The highest BCUT2D eigenvalue weighted by Gasteiger charge is 2.10. The van der Waals surface area contributed by atoms with Crippen LogP contribution in [0.25, 0.3) is 0 Å². The summed E-state index contributed by atoms with van der Waals surface area (Å²) >= 11 is 2.15. The average Bonchev–Trinajstić information content (AvgIpc) is 2.30. The van der Waals surface area contributed by atoms with E-state index in [2.05, 4.69) is 55.6 Å². The Kier molecular flexibility index (Phi) is 3.47. The van der Waals surface area contributed by atoms with E-state index in [1.165, 1.54) is 5.69 Å². The van der Waals surface area contributed by atoms with Gasteiger partial charge in [0.25, 0.3) is 0 Å². The molecular weight excluding hydrogens is 291 g/mol. The van der Waals surface area contributed by atoms with Crippen molar-refractivity contribution in [2.45, 2.75) is 0 Å².